The zero-order valence-corrected chi connectivity index (χ0v) is 16.5. The van der Waals surface area contributed by atoms with Crippen molar-refractivity contribution in [3.8, 4) is 17.2 Å². The van der Waals surface area contributed by atoms with E-state index in [4.69, 9.17) is 4.74 Å². The molecule has 0 saturated heterocycles. The van der Waals surface area contributed by atoms with Crippen LogP contribution in [-0.4, -0.2) is 45.5 Å². The number of hydrazone groups is 1. The van der Waals surface area contributed by atoms with Crippen molar-refractivity contribution in [3.05, 3.63) is 58.6 Å². The maximum atomic E-state index is 12.2. The zero-order valence-electron chi connectivity index (χ0n) is 15.7. The van der Waals surface area contributed by atoms with E-state index in [1.807, 2.05) is 0 Å². The molecule has 0 bridgehead atoms. The van der Waals surface area contributed by atoms with Crippen molar-refractivity contribution in [1.82, 2.24) is 15.6 Å². The molecule has 0 aliphatic rings. The van der Waals surface area contributed by atoms with Crippen molar-refractivity contribution in [2.75, 3.05) is 12.4 Å². The van der Waals surface area contributed by atoms with Crippen LogP contribution >= 0.6 is 11.3 Å². The van der Waals surface area contributed by atoms with Gasteiger partial charge in [-0.3, -0.25) is 14.9 Å². The van der Waals surface area contributed by atoms with Crippen LogP contribution in [0.2, 0.25) is 0 Å². The number of carbonyl (C=O) groups is 2. The van der Waals surface area contributed by atoms with Crippen molar-refractivity contribution in [1.29, 1.82) is 0 Å². The second kappa shape index (κ2) is 9.47. The van der Waals surface area contributed by atoms with Crippen LogP contribution in [0, 0.1) is 0 Å². The predicted molar refractivity (Wildman–Crippen MR) is 110 cm³/mol. The van der Waals surface area contributed by atoms with Crippen LogP contribution in [0.3, 0.4) is 0 Å². The Labute approximate surface area is 174 Å². The molecule has 0 aliphatic carbocycles. The maximum absolute atomic E-state index is 12.2. The fourth-order valence-corrected chi connectivity index (χ4v) is 3.00. The van der Waals surface area contributed by atoms with E-state index < -0.39 is 5.91 Å². The average molecular weight is 427 g/mol. The molecule has 0 aliphatic heterocycles. The van der Waals surface area contributed by atoms with Gasteiger partial charge in [0.15, 0.2) is 11.5 Å². The number of nitrogens with one attached hydrogen (secondary N) is 2. The van der Waals surface area contributed by atoms with Gasteiger partial charge in [0.2, 0.25) is 11.0 Å². The highest BCUT2D eigenvalue weighted by Gasteiger charge is 2.12. The average Bonchev–Trinajstić information content (AvgIpc) is 3.17. The van der Waals surface area contributed by atoms with Gasteiger partial charge >= 0.3 is 0 Å². The number of carbonyl (C=O) groups excluding carboxylic acids is 2. The summed E-state index contributed by atoms with van der Waals surface area (Å²) in [6.07, 6.45) is 1.24. The SMILES string of the molecule is COc1ccc(C(=O)Nc2nnc(CC(=O)NN=Cc3ccc(O)c(O)c3)s2)cc1. The minimum absolute atomic E-state index is 0.0752. The summed E-state index contributed by atoms with van der Waals surface area (Å²) in [6, 6.07) is 10.7. The molecule has 11 heteroatoms. The maximum Gasteiger partial charge on any atom is 0.257 e. The lowest BCUT2D eigenvalue weighted by atomic mass is 10.2. The lowest BCUT2D eigenvalue weighted by Gasteiger charge is -2.02. The van der Waals surface area contributed by atoms with Gasteiger partial charge in [0, 0.05) is 5.56 Å². The Morgan fingerprint density at radius 2 is 1.90 bits per heavy atom. The van der Waals surface area contributed by atoms with Crippen LogP contribution < -0.4 is 15.5 Å². The summed E-state index contributed by atoms with van der Waals surface area (Å²) in [6.45, 7) is 0. The monoisotopic (exact) mass is 427 g/mol. The standard InChI is InChI=1S/C19H17N5O5S/c1-29-13-5-3-12(4-6-13)18(28)21-19-24-23-17(30-19)9-16(27)22-20-10-11-2-7-14(25)15(26)8-11/h2-8,10,25-26H,9H2,1H3,(H,22,27)(H,21,24,28). The Morgan fingerprint density at radius 1 is 1.13 bits per heavy atom. The third-order valence-electron chi connectivity index (χ3n) is 3.75. The Kier molecular flexibility index (Phi) is 6.55. The summed E-state index contributed by atoms with van der Waals surface area (Å²) >= 11 is 1.07. The largest absolute Gasteiger partial charge is 0.504 e. The number of benzene rings is 2. The smallest absolute Gasteiger partial charge is 0.257 e. The number of aromatic hydroxyl groups is 2. The normalized spacial score (nSPS) is 10.7. The van der Waals surface area contributed by atoms with Gasteiger partial charge in [-0.2, -0.15) is 5.10 Å². The summed E-state index contributed by atoms with van der Waals surface area (Å²) in [4.78, 5) is 24.2. The zero-order chi connectivity index (χ0) is 21.5. The van der Waals surface area contributed by atoms with Crippen LogP contribution in [0.5, 0.6) is 17.2 Å². The molecular formula is C19H17N5O5S. The molecular weight excluding hydrogens is 410 g/mol. The number of ether oxygens (including phenoxy) is 1. The van der Waals surface area contributed by atoms with Crippen LogP contribution in [0.4, 0.5) is 5.13 Å². The Balaban J connectivity index is 1.51. The number of rotatable bonds is 7. The fraction of sp³-hybridized carbons (Fsp3) is 0.105. The molecule has 0 atom stereocenters. The minimum atomic E-state index is -0.432. The van der Waals surface area contributed by atoms with Gasteiger partial charge in [0.05, 0.1) is 19.7 Å². The summed E-state index contributed by atoms with van der Waals surface area (Å²) < 4.78 is 5.05. The van der Waals surface area contributed by atoms with Crippen molar-refractivity contribution in [2.45, 2.75) is 6.42 Å². The van der Waals surface area contributed by atoms with Gasteiger partial charge in [0.1, 0.15) is 10.8 Å². The number of amides is 2. The number of methoxy groups -OCH3 is 1. The molecule has 2 aromatic carbocycles. The first-order chi connectivity index (χ1) is 14.4. The first-order valence-electron chi connectivity index (χ1n) is 8.56. The molecule has 1 heterocycles. The minimum Gasteiger partial charge on any atom is -0.504 e. The molecule has 0 radical (unpaired) electrons. The first-order valence-corrected chi connectivity index (χ1v) is 9.38. The highest BCUT2D eigenvalue weighted by Crippen LogP contribution is 2.24. The molecule has 10 nitrogen and oxygen atoms in total. The van der Waals surface area contributed by atoms with E-state index in [1.54, 1.807) is 24.3 Å². The van der Waals surface area contributed by atoms with E-state index >= 15 is 0 Å². The molecule has 0 unspecified atom stereocenters. The molecule has 0 spiro atoms. The van der Waals surface area contributed by atoms with Gasteiger partial charge in [-0.15, -0.1) is 10.2 Å². The van der Waals surface area contributed by atoms with E-state index in [2.05, 4.69) is 26.0 Å². The molecule has 1 aromatic heterocycles. The van der Waals surface area contributed by atoms with E-state index in [9.17, 15) is 19.8 Å². The number of nitrogens with zero attached hydrogens (tertiary/aromatic N) is 3. The Bertz CT molecular complexity index is 1080. The lowest BCUT2D eigenvalue weighted by molar-refractivity contribution is -0.120. The molecule has 154 valence electrons. The molecule has 2 amide bonds. The summed E-state index contributed by atoms with van der Waals surface area (Å²) in [5.41, 5.74) is 3.25. The van der Waals surface area contributed by atoms with Gasteiger partial charge in [-0.1, -0.05) is 11.3 Å². The highest BCUT2D eigenvalue weighted by molar-refractivity contribution is 7.15. The molecule has 3 rings (SSSR count). The van der Waals surface area contributed by atoms with E-state index in [1.165, 1.54) is 31.5 Å². The first kappa shape index (κ1) is 20.7. The molecule has 0 fully saturated rings. The van der Waals surface area contributed by atoms with Gasteiger partial charge < -0.3 is 14.9 Å². The number of phenols is 2. The number of aromatic nitrogens is 2. The quantitative estimate of drug-likeness (QED) is 0.256. The van der Waals surface area contributed by atoms with Gasteiger partial charge in [0.25, 0.3) is 5.91 Å². The van der Waals surface area contributed by atoms with Crippen molar-refractivity contribution >= 4 is 34.5 Å². The number of hydrogen-bond acceptors (Lipinski definition) is 9. The van der Waals surface area contributed by atoms with Crippen LogP contribution in [-0.2, 0) is 11.2 Å². The van der Waals surface area contributed by atoms with Crippen molar-refractivity contribution < 1.29 is 24.5 Å². The third kappa shape index (κ3) is 5.52. The fourth-order valence-electron chi connectivity index (χ4n) is 2.26. The third-order valence-corrected chi connectivity index (χ3v) is 4.59. The van der Waals surface area contributed by atoms with Crippen molar-refractivity contribution in [3.63, 3.8) is 0 Å². The van der Waals surface area contributed by atoms with Gasteiger partial charge in [-0.05, 0) is 48.0 Å². The molecule has 30 heavy (non-hydrogen) atoms. The Morgan fingerprint density at radius 3 is 2.60 bits per heavy atom. The van der Waals surface area contributed by atoms with Crippen LogP contribution in [0.15, 0.2) is 47.6 Å². The van der Waals surface area contributed by atoms with E-state index in [-0.39, 0.29) is 29.0 Å². The highest BCUT2D eigenvalue weighted by atomic mass is 32.1. The van der Waals surface area contributed by atoms with Crippen LogP contribution in [0.25, 0.3) is 0 Å². The predicted octanol–water partition coefficient (Wildman–Crippen LogP) is 1.90. The van der Waals surface area contributed by atoms with E-state index in [0.29, 0.717) is 21.9 Å². The molecule has 4 N–H and O–H groups in total. The molecule has 0 saturated carbocycles. The summed E-state index contributed by atoms with van der Waals surface area (Å²) in [7, 11) is 1.54. The Hall–Kier alpha value is -3.99. The number of phenolic OH excluding ortho intramolecular Hbond substituents is 2. The lowest BCUT2D eigenvalue weighted by Crippen LogP contribution is -2.19. The molecule has 3 aromatic rings. The summed E-state index contributed by atoms with van der Waals surface area (Å²) in [5, 5.41) is 33.5. The second-order valence-corrected chi connectivity index (χ2v) is 6.96. The topological polar surface area (TPSA) is 146 Å². The number of hydrogen-bond donors (Lipinski definition) is 4. The number of anilines is 1. The van der Waals surface area contributed by atoms with Crippen molar-refractivity contribution in [2.24, 2.45) is 5.10 Å². The summed E-state index contributed by atoms with van der Waals surface area (Å²) in [5.74, 6) is -0.684. The second-order valence-electron chi connectivity index (χ2n) is 5.90. The van der Waals surface area contributed by atoms with Crippen LogP contribution in [0.1, 0.15) is 20.9 Å². The van der Waals surface area contributed by atoms with E-state index in [0.717, 1.165) is 11.3 Å². The van der Waals surface area contributed by atoms with Gasteiger partial charge in [-0.25, -0.2) is 5.43 Å².